The fourth-order valence-corrected chi connectivity index (χ4v) is 2.57. The van der Waals surface area contributed by atoms with Crippen LogP contribution >= 0.6 is 0 Å². The van der Waals surface area contributed by atoms with E-state index in [0.29, 0.717) is 12.2 Å². The number of allylic oxidation sites excluding steroid dienone is 1. The Morgan fingerprint density at radius 2 is 1.48 bits per heavy atom. The van der Waals surface area contributed by atoms with Gasteiger partial charge in [0.15, 0.2) is 5.78 Å². The molecule has 124 valence electrons. The Kier molecular flexibility index (Phi) is 5.43. The van der Waals surface area contributed by atoms with Crippen LogP contribution in [0.4, 0.5) is 0 Å². The molecule has 3 aromatic rings. The lowest BCUT2D eigenvalue weighted by Crippen LogP contribution is -1.94. The average molecular weight is 328 g/mol. The molecule has 0 heterocycles. The fraction of sp³-hybridized carbons (Fsp3) is 0.0870. The van der Waals surface area contributed by atoms with Crippen molar-refractivity contribution in [3.05, 3.63) is 96.1 Å². The SMILES string of the molecule is CCOc1ccc(/C=C/C(=O)c2ccc(-c3ccccc3)cc2)cc1. The second kappa shape index (κ2) is 8.11. The Hall–Kier alpha value is -3.13. The molecule has 0 bridgehead atoms. The van der Waals surface area contributed by atoms with E-state index >= 15 is 0 Å². The molecule has 2 heteroatoms. The van der Waals surface area contributed by atoms with Crippen molar-refractivity contribution in [1.29, 1.82) is 0 Å². The molecule has 0 spiro atoms. The summed E-state index contributed by atoms with van der Waals surface area (Å²) in [6.07, 6.45) is 3.43. The zero-order valence-electron chi connectivity index (χ0n) is 14.2. The van der Waals surface area contributed by atoms with Crippen molar-refractivity contribution >= 4 is 11.9 Å². The van der Waals surface area contributed by atoms with Gasteiger partial charge in [-0.3, -0.25) is 4.79 Å². The quantitative estimate of drug-likeness (QED) is 0.432. The minimum atomic E-state index is -0.00602. The van der Waals surface area contributed by atoms with E-state index < -0.39 is 0 Å². The van der Waals surface area contributed by atoms with Crippen LogP contribution in [0.5, 0.6) is 5.75 Å². The lowest BCUT2D eigenvalue weighted by molar-refractivity contribution is 0.104. The second-order valence-corrected chi connectivity index (χ2v) is 5.64. The number of carbonyl (C=O) groups is 1. The topological polar surface area (TPSA) is 26.3 Å². The zero-order valence-corrected chi connectivity index (χ0v) is 14.2. The van der Waals surface area contributed by atoms with Crippen LogP contribution in [-0.2, 0) is 0 Å². The monoisotopic (exact) mass is 328 g/mol. The molecule has 2 nitrogen and oxygen atoms in total. The molecule has 0 radical (unpaired) electrons. The molecule has 0 aliphatic carbocycles. The van der Waals surface area contributed by atoms with Gasteiger partial charge in [0.25, 0.3) is 0 Å². The molecule has 0 aromatic heterocycles. The predicted molar refractivity (Wildman–Crippen MR) is 103 cm³/mol. The predicted octanol–water partition coefficient (Wildman–Crippen LogP) is 5.65. The summed E-state index contributed by atoms with van der Waals surface area (Å²) in [6.45, 7) is 2.60. The Morgan fingerprint density at radius 3 is 2.12 bits per heavy atom. The molecule has 3 rings (SSSR count). The Bertz CT molecular complexity index is 845. The van der Waals surface area contributed by atoms with Crippen LogP contribution in [0, 0.1) is 0 Å². The first kappa shape index (κ1) is 16.7. The van der Waals surface area contributed by atoms with Gasteiger partial charge < -0.3 is 4.74 Å². The van der Waals surface area contributed by atoms with Crippen LogP contribution in [0.2, 0.25) is 0 Å². The summed E-state index contributed by atoms with van der Waals surface area (Å²) in [5.41, 5.74) is 3.90. The number of hydrogen-bond donors (Lipinski definition) is 0. The van der Waals surface area contributed by atoms with E-state index in [9.17, 15) is 4.79 Å². The van der Waals surface area contributed by atoms with Gasteiger partial charge in [-0.15, -0.1) is 0 Å². The largest absolute Gasteiger partial charge is 0.494 e. The lowest BCUT2D eigenvalue weighted by Gasteiger charge is -2.03. The summed E-state index contributed by atoms with van der Waals surface area (Å²) in [5.74, 6) is 0.830. The first-order chi connectivity index (χ1) is 12.3. The highest BCUT2D eigenvalue weighted by Crippen LogP contribution is 2.20. The van der Waals surface area contributed by atoms with E-state index in [1.165, 1.54) is 0 Å². The van der Waals surface area contributed by atoms with Gasteiger partial charge >= 0.3 is 0 Å². The number of carbonyl (C=O) groups excluding carboxylic acids is 1. The summed E-state index contributed by atoms with van der Waals surface area (Å²) in [6, 6.07) is 25.5. The van der Waals surface area contributed by atoms with Crippen molar-refractivity contribution in [2.75, 3.05) is 6.61 Å². The summed E-state index contributed by atoms with van der Waals surface area (Å²) >= 11 is 0. The van der Waals surface area contributed by atoms with E-state index in [1.54, 1.807) is 6.08 Å². The molecular formula is C23H20O2. The third-order valence-electron chi connectivity index (χ3n) is 3.89. The minimum Gasteiger partial charge on any atom is -0.494 e. The molecule has 0 N–H and O–H groups in total. The highest BCUT2D eigenvalue weighted by Gasteiger charge is 2.03. The summed E-state index contributed by atoms with van der Waals surface area (Å²) in [5, 5.41) is 0. The van der Waals surface area contributed by atoms with Crippen molar-refractivity contribution < 1.29 is 9.53 Å². The number of benzene rings is 3. The van der Waals surface area contributed by atoms with Crippen LogP contribution in [-0.4, -0.2) is 12.4 Å². The zero-order chi connectivity index (χ0) is 17.5. The normalized spacial score (nSPS) is 10.8. The molecule has 0 aliphatic rings. The van der Waals surface area contributed by atoms with Crippen molar-refractivity contribution in [3.8, 4) is 16.9 Å². The summed E-state index contributed by atoms with van der Waals surface area (Å²) in [4.78, 5) is 12.3. The molecule has 0 fully saturated rings. The number of ketones is 1. The maximum Gasteiger partial charge on any atom is 0.185 e. The Balaban J connectivity index is 1.68. The molecule has 0 amide bonds. The lowest BCUT2D eigenvalue weighted by atomic mass is 10.0. The van der Waals surface area contributed by atoms with Gasteiger partial charge in [-0.25, -0.2) is 0 Å². The third kappa shape index (κ3) is 4.45. The molecule has 3 aromatic carbocycles. The van der Waals surface area contributed by atoms with Gasteiger partial charge in [0.2, 0.25) is 0 Å². The van der Waals surface area contributed by atoms with E-state index in [2.05, 4.69) is 12.1 Å². The van der Waals surface area contributed by atoms with Crippen LogP contribution in [0.25, 0.3) is 17.2 Å². The summed E-state index contributed by atoms with van der Waals surface area (Å²) in [7, 11) is 0. The maximum atomic E-state index is 12.3. The number of rotatable bonds is 6. The minimum absolute atomic E-state index is 0.00602. The number of ether oxygens (including phenoxy) is 1. The van der Waals surface area contributed by atoms with Gasteiger partial charge in [0, 0.05) is 5.56 Å². The Morgan fingerprint density at radius 1 is 0.840 bits per heavy atom. The van der Waals surface area contributed by atoms with Crippen molar-refractivity contribution in [2.45, 2.75) is 6.92 Å². The van der Waals surface area contributed by atoms with E-state index in [0.717, 1.165) is 22.4 Å². The highest BCUT2D eigenvalue weighted by molar-refractivity contribution is 6.07. The molecule has 25 heavy (non-hydrogen) atoms. The van der Waals surface area contributed by atoms with Crippen LogP contribution in [0.1, 0.15) is 22.8 Å². The third-order valence-corrected chi connectivity index (χ3v) is 3.89. The molecule has 0 saturated carbocycles. The van der Waals surface area contributed by atoms with Crippen LogP contribution < -0.4 is 4.74 Å². The summed E-state index contributed by atoms with van der Waals surface area (Å²) < 4.78 is 5.41. The van der Waals surface area contributed by atoms with Gasteiger partial charge in [0.1, 0.15) is 5.75 Å². The van der Waals surface area contributed by atoms with Crippen LogP contribution in [0.3, 0.4) is 0 Å². The smallest absolute Gasteiger partial charge is 0.185 e. The molecule has 0 aliphatic heterocycles. The van der Waals surface area contributed by atoms with Gasteiger partial charge in [0.05, 0.1) is 6.61 Å². The molecule has 0 atom stereocenters. The number of hydrogen-bond acceptors (Lipinski definition) is 2. The van der Waals surface area contributed by atoms with E-state index in [1.807, 2.05) is 79.7 Å². The highest BCUT2D eigenvalue weighted by atomic mass is 16.5. The average Bonchev–Trinajstić information content (AvgIpc) is 2.68. The van der Waals surface area contributed by atoms with Gasteiger partial charge in [-0.05, 0) is 41.8 Å². The Labute approximate surface area is 148 Å². The first-order valence-corrected chi connectivity index (χ1v) is 8.37. The van der Waals surface area contributed by atoms with E-state index in [-0.39, 0.29) is 5.78 Å². The van der Waals surface area contributed by atoms with Crippen molar-refractivity contribution in [2.24, 2.45) is 0 Å². The van der Waals surface area contributed by atoms with Crippen molar-refractivity contribution in [3.63, 3.8) is 0 Å². The second-order valence-electron chi connectivity index (χ2n) is 5.64. The van der Waals surface area contributed by atoms with Crippen molar-refractivity contribution in [1.82, 2.24) is 0 Å². The van der Waals surface area contributed by atoms with E-state index in [4.69, 9.17) is 4.74 Å². The standard InChI is InChI=1S/C23H20O2/c1-2-25-22-15-8-18(9-16-22)10-17-23(24)21-13-11-20(12-14-21)19-6-4-3-5-7-19/h3-17H,2H2,1H3/b17-10+. The molecule has 0 unspecified atom stereocenters. The maximum absolute atomic E-state index is 12.3. The van der Waals surface area contributed by atoms with Gasteiger partial charge in [-0.1, -0.05) is 72.8 Å². The van der Waals surface area contributed by atoms with Crippen LogP contribution in [0.15, 0.2) is 84.9 Å². The first-order valence-electron chi connectivity index (χ1n) is 8.37. The fourth-order valence-electron chi connectivity index (χ4n) is 2.57. The van der Waals surface area contributed by atoms with Gasteiger partial charge in [-0.2, -0.15) is 0 Å². The molecular weight excluding hydrogens is 308 g/mol. The molecule has 0 saturated heterocycles.